The Morgan fingerprint density at radius 1 is 0.929 bits per heavy atom. The lowest BCUT2D eigenvalue weighted by Gasteiger charge is -2.12. The molecule has 0 saturated carbocycles. The molecule has 0 aliphatic carbocycles. The van der Waals surface area contributed by atoms with Crippen molar-refractivity contribution in [1.29, 1.82) is 0 Å². The van der Waals surface area contributed by atoms with Gasteiger partial charge in [-0.25, -0.2) is 21.6 Å². The average molecular weight is 420 g/mol. The lowest BCUT2D eigenvalue weighted by Crippen LogP contribution is -2.16. The van der Waals surface area contributed by atoms with Crippen molar-refractivity contribution in [2.24, 2.45) is 0 Å². The van der Waals surface area contributed by atoms with E-state index in [1.54, 1.807) is 22.9 Å². The smallest absolute Gasteiger partial charge is 0.357 e. The number of hydrogen-bond donors (Lipinski definition) is 2. The molecule has 0 saturated heterocycles. The van der Waals surface area contributed by atoms with Crippen LogP contribution in [0.1, 0.15) is 5.56 Å². The van der Waals surface area contributed by atoms with Crippen LogP contribution >= 0.6 is 0 Å². The van der Waals surface area contributed by atoms with Gasteiger partial charge in [-0.3, -0.25) is 4.72 Å². The first-order valence-electron chi connectivity index (χ1n) is 7.52. The van der Waals surface area contributed by atoms with Crippen molar-refractivity contribution in [2.75, 3.05) is 4.72 Å². The van der Waals surface area contributed by atoms with Gasteiger partial charge in [-0.1, -0.05) is 30.3 Å². The molecule has 4 nitrogen and oxygen atoms in total. The van der Waals surface area contributed by atoms with Gasteiger partial charge in [0.2, 0.25) is 0 Å². The van der Waals surface area contributed by atoms with Crippen LogP contribution in [0.5, 0.6) is 0 Å². The van der Waals surface area contributed by atoms with Gasteiger partial charge in [-0.05, 0) is 6.07 Å². The third-order valence-electron chi connectivity index (χ3n) is 3.74. The maximum Gasteiger partial charge on any atom is 0.419 e. The van der Waals surface area contributed by atoms with E-state index in [2.05, 4.69) is 4.98 Å². The van der Waals surface area contributed by atoms with Crippen molar-refractivity contribution in [3.8, 4) is 11.3 Å². The minimum atomic E-state index is -5.17. The number of aromatic nitrogens is 1. The molecule has 2 N–H and O–H groups in total. The monoisotopic (exact) mass is 420 g/mol. The van der Waals surface area contributed by atoms with E-state index in [1.807, 2.05) is 0 Å². The molecule has 28 heavy (non-hydrogen) atoms. The number of hydrogen-bond acceptors (Lipinski definition) is 2. The van der Waals surface area contributed by atoms with E-state index in [1.165, 1.54) is 12.1 Å². The summed E-state index contributed by atoms with van der Waals surface area (Å²) in [5.41, 5.74) is -2.83. The first-order valence-corrected chi connectivity index (χ1v) is 9.00. The highest BCUT2D eigenvalue weighted by molar-refractivity contribution is 7.92. The van der Waals surface area contributed by atoms with Crippen LogP contribution in [0.15, 0.2) is 53.6 Å². The maximum atomic E-state index is 14.5. The summed E-state index contributed by atoms with van der Waals surface area (Å²) in [6.07, 6.45) is -4.38. The molecule has 0 atom stereocenters. The van der Waals surface area contributed by atoms with Crippen LogP contribution in [-0.4, -0.2) is 13.4 Å². The highest BCUT2D eigenvalue weighted by atomic mass is 32.2. The van der Waals surface area contributed by atoms with Crippen LogP contribution in [-0.2, 0) is 16.2 Å². The van der Waals surface area contributed by atoms with Gasteiger partial charge in [0.25, 0.3) is 10.0 Å². The number of anilines is 1. The number of rotatable bonds is 4. The van der Waals surface area contributed by atoms with Crippen LogP contribution in [0, 0.1) is 17.5 Å². The number of sulfonamides is 1. The van der Waals surface area contributed by atoms with E-state index in [0.717, 1.165) is 6.20 Å². The number of alkyl halides is 3. The van der Waals surface area contributed by atoms with E-state index in [4.69, 9.17) is 0 Å². The molecule has 0 aliphatic heterocycles. The summed E-state index contributed by atoms with van der Waals surface area (Å²) >= 11 is 0. The minimum Gasteiger partial charge on any atom is -0.357 e. The Morgan fingerprint density at radius 2 is 1.57 bits per heavy atom. The van der Waals surface area contributed by atoms with Crippen LogP contribution in [0.3, 0.4) is 0 Å². The Balaban J connectivity index is 1.98. The number of halogens is 6. The second-order valence-electron chi connectivity index (χ2n) is 5.62. The van der Waals surface area contributed by atoms with Gasteiger partial charge < -0.3 is 4.98 Å². The molecule has 1 heterocycles. The Hall–Kier alpha value is -2.95. The summed E-state index contributed by atoms with van der Waals surface area (Å²) in [5.74, 6) is -4.74. The second kappa shape index (κ2) is 6.89. The number of nitrogens with one attached hydrogen (secondary N) is 2. The molecule has 148 valence electrons. The van der Waals surface area contributed by atoms with Gasteiger partial charge in [0.15, 0.2) is 5.82 Å². The highest BCUT2D eigenvalue weighted by Gasteiger charge is 2.36. The standard InChI is InChI=1S/C17H10F6N2O2S/c18-11-7-13(12(19)6-10(11)17(21,22)23)25-28(26,27)14-8-24-16(15(14)20)9-4-2-1-3-5-9/h1-8,24-25H. The predicted octanol–water partition coefficient (Wildman–Crippen LogP) is 4.92. The molecule has 0 amide bonds. The van der Waals surface area contributed by atoms with E-state index in [-0.39, 0.29) is 17.8 Å². The summed E-state index contributed by atoms with van der Waals surface area (Å²) in [6.45, 7) is 0. The summed E-state index contributed by atoms with van der Waals surface area (Å²) in [5, 5.41) is 0. The zero-order valence-corrected chi connectivity index (χ0v) is 14.4. The van der Waals surface area contributed by atoms with Crippen molar-refractivity contribution in [1.82, 2.24) is 4.98 Å². The first-order chi connectivity index (χ1) is 13.0. The van der Waals surface area contributed by atoms with E-state index in [0.29, 0.717) is 5.56 Å². The molecule has 3 rings (SSSR count). The number of aromatic amines is 1. The van der Waals surface area contributed by atoms with Gasteiger partial charge in [-0.2, -0.15) is 13.2 Å². The summed E-state index contributed by atoms with van der Waals surface area (Å²) in [7, 11) is -4.76. The minimum absolute atomic E-state index is 0.0401. The van der Waals surface area contributed by atoms with Crippen LogP contribution < -0.4 is 4.72 Å². The Labute approximate surface area is 154 Å². The highest BCUT2D eigenvalue weighted by Crippen LogP contribution is 2.35. The maximum absolute atomic E-state index is 14.5. The molecule has 0 radical (unpaired) electrons. The van der Waals surface area contributed by atoms with Crippen molar-refractivity contribution >= 4 is 15.7 Å². The van der Waals surface area contributed by atoms with Crippen LogP contribution in [0.4, 0.5) is 32.0 Å². The molecule has 0 bridgehead atoms. The van der Waals surface area contributed by atoms with Crippen molar-refractivity contribution in [3.63, 3.8) is 0 Å². The van der Waals surface area contributed by atoms with Crippen LogP contribution in [0.2, 0.25) is 0 Å². The third-order valence-corrected chi connectivity index (χ3v) is 5.11. The lowest BCUT2D eigenvalue weighted by molar-refractivity contribution is -0.140. The normalized spacial score (nSPS) is 12.2. The van der Waals surface area contributed by atoms with Crippen molar-refractivity contribution in [2.45, 2.75) is 11.1 Å². The first kappa shape index (κ1) is 19.8. The van der Waals surface area contributed by atoms with Gasteiger partial charge in [-0.15, -0.1) is 0 Å². The molecule has 0 fully saturated rings. The Bertz CT molecular complexity index is 1120. The molecular weight excluding hydrogens is 410 g/mol. The molecule has 0 aliphatic rings. The number of benzene rings is 2. The summed E-state index contributed by atoms with van der Waals surface area (Å²) < 4.78 is 106. The lowest BCUT2D eigenvalue weighted by atomic mass is 10.1. The van der Waals surface area contributed by atoms with Gasteiger partial charge >= 0.3 is 6.18 Å². The summed E-state index contributed by atoms with van der Waals surface area (Å²) in [4.78, 5) is 1.52. The van der Waals surface area contributed by atoms with Gasteiger partial charge in [0.1, 0.15) is 16.5 Å². The van der Waals surface area contributed by atoms with Crippen LogP contribution in [0.25, 0.3) is 11.3 Å². The fourth-order valence-corrected chi connectivity index (χ4v) is 3.55. The van der Waals surface area contributed by atoms with Gasteiger partial charge in [0, 0.05) is 17.8 Å². The average Bonchev–Trinajstić information content (AvgIpc) is 3.00. The fourth-order valence-electron chi connectivity index (χ4n) is 2.44. The Morgan fingerprint density at radius 3 is 2.18 bits per heavy atom. The quantitative estimate of drug-likeness (QED) is 0.589. The molecule has 0 unspecified atom stereocenters. The van der Waals surface area contributed by atoms with Crippen molar-refractivity contribution in [3.05, 3.63) is 71.7 Å². The molecule has 2 aromatic carbocycles. The van der Waals surface area contributed by atoms with E-state index in [9.17, 15) is 34.8 Å². The molecule has 3 aromatic rings. The second-order valence-corrected chi connectivity index (χ2v) is 7.27. The van der Waals surface area contributed by atoms with E-state index >= 15 is 0 Å². The summed E-state index contributed by atoms with van der Waals surface area (Å²) in [6, 6.07) is 7.69. The Kier molecular flexibility index (Phi) is 4.88. The molecule has 0 spiro atoms. The number of H-pyrrole nitrogens is 1. The predicted molar refractivity (Wildman–Crippen MR) is 88.4 cm³/mol. The zero-order valence-electron chi connectivity index (χ0n) is 13.6. The van der Waals surface area contributed by atoms with Crippen molar-refractivity contribution < 1.29 is 34.8 Å². The fraction of sp³-hybridized carbons (Fsp3) is 0.0588. The molecular formula is C17H10F6N2O2S. The molecule has 11 heteroatoms. The SMILES string of the molecule is O=S(=O)(Nc1cc(F)c(C(F)(F)F)cc1F)c1c[nH]c(-c2ccccc2)c1F. The van der Waals surface area contributed by atoms with Gasteiger partial charge in [0.05, 0.1) is 16.9 Å². The zero-order chi connectivity index (χ0) is 20.7. The molecule has 1 aromatic heterocycles. The third kappa shape index (κ3) is 3.70. The topological polar surface area (TPSA) is 62.0 Å². The van der Waals surface area contributed by atoms with E-state index < -0.39 is 49.8 Å². The largest absolute Gasteiger partial charge is 0.419 e.